The van der Waals surface area contributed by atoms with Crippen molar-refractivity contribution >= 4 is 44.9 Å². The molecule has 1 heterocycles. The summed E-state index contributed by atoms with van der Waals surface area (Å²) in [6.07, 6.45) is 0.295. The lowest BCUT2D eigenvalue weighted by Crippen LogP contribution is -2.42. The molecule has 1 atom stereocenters. The molecule has 196 valence electrons. The molecule has 1 amide bonds. The van der Waals surface area contributed by atoms with E-state index in [9.17, 15) is 9.59 Å². The van der Waals surface area contributed by atoms with E-state index >= 15 is 0 Å². The Morgan fingerprint density at radius 1 is 0.846 bits per heavy atom. The Kier molecular flexibility index (Phi) is 8.25. The number of thiophene rings is 1. The molecule has 0 spiro atoms. The smallest absolute Gasteiger partial charge is 0.328 e. The van der Waals surface area contributed by atoms with Crippen LogP contribution in [0, 0.1) is 0 Å². The summed E-state index contributed by atoms with van der Waals surface area (Å²) in [7, 11) is 1.32. The molecule has 1 aromatic heterocycles. The van der Waals surface area contributed by atoms with Crippen LogP contribution in [0.2, 0.25) is 5.02 Å². The van der Waals surface area contributed by atoms with Crippen molar-refractivity contribution in [1.29, 1.82) is 0 Å². The summed E-state index contributed by atoms with van der Waals surface area (Å²) in [6.45, 7) is 0.470. The highest BCUT2D eigenvalue weighted by Crippen LogP contribution is 2.31. The molecule has 0 radical (unpaired) electrons. The van der Waals surface area contributed by atoms with Gasteiger partial charge in [-0.15, -0.1) is 11.3 Å². The summed E-state index contributed by atoms with van der Waals surface area (Å²) in [4.78, 5) is 26.2. The van der Waals surface area contributed by atoms with E-state index in [1.54, 1.807) is 0 Å². The van der Waals surface area contributed by atoms with Crippen LogP contribution in [0.4, 0.5) is 0 Å². The second-order valence-electron chi connectivity index (χ2n) is 9.04. The summed E-state index contributed by atoms with van der Waals surface area (Å²) in [5, 5.41) is 4.50. The number of nitrogens with one attached hydrogen (secondary N) is 1. The van der Waals surface area contributed by atoms with E-state index < -0.39 is 12.0 Å². The molecule has 5 aromatic rings. The Morgan fingerprint density at radius 3 is 2.28 bits per heavy atom. The molecule has 0 unspecified atom stereocenters. The lowest BCUT2D eigenvalue weighted by atomic mass is 10.0. The minimum absolute atomic E-state index is 0.295. The second kappa shape index (κ2) is 12.2. The van der Waals surface area contributed by atoms with E-state index in [2.05, 4.69) is 5.32 Å². The van der Waals surface area contributed by atoms with Gasteiger partial charge >= 0.3 is 5.97 Å². The van der Waals surface area contributed by atoms with E-state index in [4.69, 9.17) is 21.1 Å². The third kappa shape index (κ3) is 6.66. The highest BCUT2D eigenvalue weighted by molar-refractivity contribution is 7.20. The zero-order valence-corrected chi connectivity index (χ0v) is 22.8. The van der Waals surface area contributed by atoms with Gasteiger partial charge in [0, 0.05) is 16.1 Å². The molecule has 4 aromatic carbocycles. The Morgan fingerprint density at radius 2 is 1.56 bits per heavy atom. The minimum atomic E-state index is -0.826. The third-order valence-electron chi connectivity index (χ3n) is 6.32. The Bertz CT molecular complexity index is 1580. The van der Waals surface area contributed by atoms with Gasteiger partial charge in [0.25, 0.3) is 5.91 Å². The highest BCUT2D eigenvalue weighted by Gasteiger charge is 2.23. The number of halogens is 1. The van der Waals surface area contributed by atoms with Crippen LogP contribution < -0.4 is 10.1 Å². The van der Waals surface area contributed by atoms with Crippen molar-refractivity contribution in [3.05, 3.63) is 124 Å². The number of esters is 1. The van der Waals surface area contributed by atoms with Crippen LogP contribution >= 0.6 is 22.9 Å². The van der Waals surface area contributed by atoms with Gasteiger partial charge < -0.3 is 14.8 Å². The van der Waals surface area contributed by atoms with E-state index in [0.717, 1.165) is 38.1 Å². The zero-order valence-electron chi connectivity index (χ0n) is 21.2. The summed E-state index contributed by atoms with van der Waals surface area (Å²) in [5.41, 5.74) is 4.03. The number of carbonyl (C=O) groups is 2. The molecule has 0 aliphatic heterocycles. The maximum absolute atomic E-state index is 13.2. The molecular weight excluding hydrogens is 530 g/mol. The fourth-order valence-corrected chi connectivity index (χ4v) is 5.31. The quantitative estimate of drug-likeness (QED) is 0.194. The molecular formula is C32H26ClNO4S. The zero-order chi connectivity index (χ0) is 27.2. The number of benzene rings is 4. The van der Waals surface area contributed by atoms with Gasteiger partial charge in [0.1, 0.15) is 18.4 Å². The molecule has 1 N–H and O–H groups in total. The molecule has 39 heavy (non-hydrogen) atoms. The van der Waals surface area contributed by atoms with Crippen LogP contribution in [0.5, 0.6) is 5.75 Å². The first-order valence-electron chi connectivity index (χ1n) is 12.4. The standard InChI is InChI=1S/C32H26ClNO4S/c1-37-32(36)28(17-21-7-14-27(15-8-21)38-20-22-5-3-2-4-6-22)34-31(35)30-19-25-18-24(11-16-29(25)39-30)23-9-12-26(33)13-10-23/h2-16,18-19,28H,17,20H2,1H3,(H,34,35)/t28-/m0/s1. The van der Waals surface area contributed by atoms with Crippen LogP contribution in [-0.2, 0) is 22.6 Å². The number of methoxy groups -OCH3 is 1. The van der Waals surface area contributed by atoms with Gasteiger partial charge in [0.15, 0.2) is 0 Å². The topological polar surface area (TPSA) is 64.6 Å². The lowest BCUT2D eigenvalue weighted by Gasteiger charge is -2.16. The molecule has 0 saturated heterocycles. The average molecular weight is 556 g/mol. The van der Waals surface area contributed by atoms with E-state index in [0.29, 0.717) is 22.9 Å². The van der Waals surface area contributed by atoms with E-state index in [-0.39, 0.29) is 5.91 Å². The first kappa shape index (κ1) is 26.5. The van der Waals surface area contributed by atoms with Crippen LogP contribution in [0.3, 0.4) is 0 Å². The SMILES string of the molecule is COC(=O)[C@H](Cc1ccc(OCc2ccccc2)cc1)NC(=O)c1cc2cc(-c3ccc(Cl)cc3)ccc2s1. The Hall–Kier alpha value is -4.13. The van der Waals surface area contributed by atoms with Crippen LogP contribution in [0.1, 0.15) is 20.8 Å². The molecule has 5 rings (SSSR count). The fourth-order valence-electron chi connectivity index (χ4n) is 4.24. The second-order valence-corrected chi connectivity index (χ2v) is 10.6. The predicted octanol–water partition coefficient (Wildman–Crippen LogP) is 7.31. The monoisotopic (exact) mass is 555 g/mol. The lowest BCUT2D eigenvalue weighted by molar-refractivity contribution is -0.142. The summed E-state index contributed by atoms with van der Waals surface area (Å²) >= 11 is 7.40. The molecule has 5 nitrogen and oxygen atoms in total. The molecule has 0 aliphatic carbocycles. The third-order valence-corrected chi connectivity index (χ3v) is 7.69. The van der Waals surface area contributed by atoms with Crippen LogP contribution in [-0.4, -0.2) is 25.0 Å². The Labute approximate surface area is 236 Å². The molecule has 0 saturated carbocycles. The minimum Gasteiger partial charge on any atom is -0.489 e. The normalized spacial score (nSPS) is 11.6. The van der Waals surface area contributed by atoms with Crippen molar-refractivity contribution in [3.63, 3.8) is 0 Å². The number of fused-ring (bicyclic) bond motifs is 1. The number of amides is 1. The summed E-state index contributed by atoms with van der Waals surface area (Å²) in [5.74, 6) is -0.0918. The number of ether oxygens (including phenoxy) is 2. The van der Waals surface area contributed by atoms with Gasteiger partial charge in [0.2, 0.25) is 0 Å². The van der Waals surface area contributed by atoms with Crippen molar-refractivity contribution < 1.29 is 19.1 Å². The van der Waals surface area contributed by atoms with Crippen molar-refractivity contribution in [2.24, 2.45) is 0 Å². The van der Waals surface area contributed by atoms with Gasteiger partial charge in [-0.3, -0.25) is 4.79 Å². The van der Waals surface area contributed by atoms with Gasteiger partial charge in [-0.1, -0.05) is 72.3 Å². The van der Waals surface area contributed by atoms with E-state index in [1.165, 1.54) is 18.4 Å². The summed E-state index contributed by atoms with van der Waals surface area (Å²) in [6, 6.07) is 32.2. The van der Waals surface area contributed by atoms with Gasteiger partial charge in [-0.2, -0.15) is 0 Å². The number of hydrogen-bond donors (Lipinski definition) is 1. The Balaban J connectivity index is 1.26. The van der Waals surface area contributed by atoms with Crippen molar-refractivity contribution in [3.8, 4) is 16.9 Å². The number of carbonyl (C=O) groups excluding carboxylic acids is 2. The molecule has 0 fully saturated rings. The summed E-state index contributed by atoms with van der Waals surface area (Å²) < 4.78 is 11.8. The van der Waals surface area contributed by atoms with Gasteiger partial charge in [-0.25, -0.2) is 4.79 Å². The maximum Gasteiger partial charge on any atom is 0.328 e. The number of hydrogen-bond acceptors (Lipinski definition) is 5. The molecule has 0 aliphatic rings. The van der Waals surface area contributed by atoms with Crippen molar-refractivity contribution in [2.45, 2.75) is 19.1 Å². The van der Waals surface area contributed by atoms with Crippen molar-refractivity contribution in [1.82, 2.24) is 5.32 Å². The van der Waals surface area contributed by atoms with Gasteiger partial charge in [-0.05, 0) is 70.1 Å². The van der Waals surface area contributed by atoms with Crippen LogP contribution in [0.15, 0.2) is 103 Å². The molecule has 0 bridgehead atoms. The molecule has 7 heteroatoms. The maximum atomic E-state index is 13.2. The van der Waals surface area contributed by atoms with Crippen LogP contribution in [0.25, 0.3) is 21.2 Å². The first-order valence-corrected chi connectivity index (χ1v) is 13.6. The highest BCUT2D eigenvalue weighted by atomic mass is 35.5. The van der Waals surface area contributed by atoms with Gasteiger partial charge in [0.05, 0.1) is 12.0 Å². The van der Waals surface area contributed by atoms with Crippen molar-refractivity contribution in [2.75, 3.05) is 7.11 Å². The fraction of sp³-hybridized carbons (Fsp3) is 0.125. The largest absolute Gasteiger partial charge is 0.489 e. The first-order chi connectivity index (χ1) is 19.0. The average Bonchev–Trinajstić information content (AvgIpc) is 3.41. The number of rotatable bonds is 9. The predicted molar refractivity (Wildman–Crippen MR) is 156 cm³/mol. The van der Waals surface area contributed by atoms with E-state index in [1.807, 2.05) is 103 Å².